The first-order valence-electron chi connectivity index (χ1n) is 8.07. The van der Waals surface area contributed by atoms with Crippen LogP contribution in [0.1, 0.15) is 35.8 Å². The maximum atomic E-state index is 12.1. The number of carbonyl (C=O) groups is 1. The molecule has 1 amide bonds. The van der Waals surface area contributed by atoms with E-state index in [1.165, 1.54) is 10.6 Å². The van der Waals surface area contributed by atoms with E-state index in [-0.39, 0.29) is 17.4 Å². The summed E-state index contributed by atoms with van der Waals surface area (Å²) in [4.78, 5) is 23.1. The van der Waals surface area contributed by atoms with E-state index >= 15 is 0 Å². The van der Waals surface area contributed by atoms with Gasteiger partial charge in [-0.1, -0.05) is 6.07 Å². The molecule has 5 nitrogen and oxygen atoms in total. The summed E-state index contributed by atoms with van der Waals surface area (Å²) in [7, 11) is 0. The number of piperidine rings is 1. The second kappa shape index (κ2) is 6.02. The van der Waals surface area contributed by atoms with Crippen molar-refractivity contribution < 1.29 is 4.79 Å². The van der Waals surface area contributed by atoms with Crippen molar-refractivity contribution >= 4 is 17.2 Å². The van der Waals surface area contributed by atoms with Crippen LogP contribution in [-0.2, 0) is 11.3 Å². The lowest BCUT2D eigenvalue weighted by Gasteiger charge is -2.42. The second-order valence-electron chi connectivity index (χ2n) is 6.45. The highest BCUT2D eigenvalue weighted by Gasteiger charge is 2.48. The molecule has 0 saturated carbocycles. The van der Waals surface area contributed by atoms with E-state index in [1.807, 2.05) is 23.8 Å². The molecule has 0 aliphatic carbocycles. The van der Waals surface area contributed by atoms with Crippen molar-refractivity contribution in [2.75, 3.05) is 13.1 Å². The number of thiazole rings is 1. The average Bonchev–Trinajstić information content (AvgIpc) is 3.19. The molecule has 1 spiro atoms. The Morgan fingerprint density at radius 3 is 2.91 bits per heavy atom. The summed E-state index contributed by atoms with van der Waals surface area (Å²) in [6, 6.07) is 4.06. The summed E-state index contributed by atoms with van der Waals surface area (Å²) in [5.41, 5.74) is 1.08. The predicted molar refractivity (Wildman–Crippen MR) is 89.1 cm³/mol. The molecule has 6 heteroatoms. The van der Waals surface area contributed by atoms with Gasteiger partial charge in [-0.15, -0.1) is 11.3 Å². The molecule has 1 N–H and O–H groups in total. The molecule has 23 heavy (non-hydrogen) atoms. The zero-order valence-electron chi connectivity index (χ0n) is 12.9. The molecule has 2 aromatic heterocycles. The third kappa shape index (κ3) is 2.88. The standard InChI is InChI=1S/C17H20N4OS/c22-15-10-14(13-2-1-5-18-11-13)17(20-15)3-7-21(8-4-17)12-16-19-6-9-23-16/h1-2,5-6,9,11,14H,3-4,7-8,10,12H2,(H,20,22). The SMILES string of the molecule is O=C1CC(c2cccnc2)C2(CCN(Cc3nccs3)CC2)N1. The fourth-order valence-electron chi connectivity index (χ4n) is 3.92. The number of pyridine rings is 1. The number of amides is 1. The van der Waals surface area contributed by atoms with E-state index in [0.29, 0.717) is 6.42 Å². The first-order valence-corrected chi connectivity index (χ1v) is 8.95. The Balaban J connectivity index is 1.49. The van der Waals surface area contributed by atoms with Crippen LogP contribution in [0.3, 0.4) is 0 Å². The van der Waals surface area contributed by atoms with E-state index < -0.39 is 0 Å². The normalized spacial score (nSPS) is 24.0. The van der Waals surface area contributed by atoms with Gasteiger partial charge in [-0.2, -0.15) is 0 Å². The van der Waals surface area contributed by atoms with E-state index in [1.54, 1.807) is 17.5 Å². The molecule has 2 fully saturated rings. The van der Waals surface area contributed by atoms with Crippen molar-refractivity contribution in [1.29, 1.82) is 0 Å². The van der Waals surface area contributed by atoms with Crippen LogP contribution in [0.2, 0.25) is 0 Å². The smallest absolute Gasteiger partial charge is 0.221 e. The number of likely N-dealkylation sites (tertiary alicyclic amines) is 1. The highest BCUT2D eigenvalue weighted by molar-refractivity contribution is 7.09. The Bertz CT molecular complexity index is 665. The Morgan fingerprint density at radius 1 is 1.35 bits per heavy atom. The topological polar surface area (TPSA) is 58.1 Å². The van der Waals surface area contributed by atoms with E-state index in [4.69, 9.17) is 0 Å². The molecule has 2 aliphatic heterocycles. The maximum absolute atomic E-state index is 12.1. The van der Waals surface area contributed by atoms with Gasteiger partial charge in [-0.25, -0.2) is 4.98 Å². The summed E-state index contributed by atoms with van der Waals surface area (Å²) < 4.78 is 0. The van der Waals surface area contributed by atoms with Crippen LogP contribution in [0.5, 0.6) is 0 Å². The molecular formula is C17H20N4OS. The minimum Gasteiger partial charge on any atom is -0.350 e. The lowest BCUT2D eigenvalue weighted by atomic mass is 9.75. The molecule has 2 aliphatic rings. The Labute approximate surface area is 139 Å². The summed E-state index contributed by atoms with van der Waals surface area (Å²) in [6.07, 6.45) is 8.12. The fraction of sp³-hybridized carbons (Fsp3) is 0.471. The number of nitrogens with zero attached hydrogens (tertiary/aromatic N) is 3. The molecular weight excluding hydrogens is 308 g/mol. The number of hydrogen-bond donors (Lipinski definition) is 1. The summed E-state index contributed by atoms with van der Waals surface area (Å²) >= 11 is 1.71. The van der Waals surface area contributed by atoms with Gasteiger partial charge in [0.25, 0.3) is 0 Å². The predicted octanol–water partition coefficient (Wildman–Crippen LogP) is 2.18. The molecule has 120 valence electrons. The number of nitrogens with one attached hydrogen (secondary N) is 1. The molecule has 2 aromatic rings. The van der Waals surface area contributed by atoms with Crippen LogP contribution in [0.4, 0.5) is 0 Å². The average molecular weight is 328 g/mol. The zero-order chi connectivity index (χ0) is 15.7. The highest BCUT2D eigenvalue weighted by Crippen LogP contribution is 2.43. The van der Waals surface area contributed by atoms with Crippen molar-refractivity contribution in [3.05, 3.63) is 46.7 Å². The van der Waals surface area contributed by atoms with E-state index in [2.05, 4.69) is 26.3 Å². The Kier molecular flexibility index (Phi) is 3.87. The van der Waals surface area contributed by atoms with E-state index in [9.17, 15) is 4.79 Å². The Morgan fingerprint density at radius 2 is 2.22 bits per heavy atom. The van der Waals surface area contributed by atoms with Crippen molar-refractivity contribution in [2.24, 2.45) is 0 Å². The van der Waals surface area contributed by atoms with Gasteiger partial charge in [0.1, 0.15) is 5.01 Å². The highest BCUT2D eigenvalue weighted by atomic mass is 32.1. The summed E-state index contributed by atoms with van der Waals surface area (Å²) in [5, 5.41) is 6.48. The molecule has 0 aromatic carbocycles. The van der Waals surface area contributed by atoms with Crippen LogP contribution in [0, 0.1) is 0 Å². The van der Waals surface area contributed by atoms with Crippen LogP contribution < -0.4 is 5.32 Å². The number of rotatable bonds is 3. The van der Waals surface area contributed by atoms with Gasteiger partial charge in [0.05, 0.1) is 6.54 Å². The molecule has 4 heterocycles. The second-order valence-corrected chi connectivity index (χ2v) is 7.43. The van der Waals surface area contributed by atoms with Gasteiger partial charge in [-0.3, -0.25) is 14.7 Å². The molecule has 1 atom stereocenters. The third-order valence-corrected chi connectivity index (χ3v) is 5.89. The number of aromatic nitrogens is 2. The monoisotopic (exact) mass is 328 g/mol. The molecule has 1 unspecified atom stereocenters. The van der Waals surface area contributed by atoms with Crippen molar-refractivity contribution in [3.8, 4) is 0 Å². The van der Waals surface area contributed by atoms with Gasteiger partial charge in [0.2, 0.25) is 5.91 Å². The van der Waals surface area contributed by atoms with Crippen molar-refractivity contribution in [3.63, 3.8) is 0 Å². The van der Waals surface area contributed by atoms with Crippen LogP contribution in [-0.4, -0.2) is 39.4 Å². The fourth-order valence-corrected chi connectivity index (χ4v) is 4.58. The Hall–Kier alpha value is -1.79. The summed E-state index contributed by atoms with van der Waals surface area (Å²) in [6.45, 7) is 2.91. The van der Waals surface area contributed by atoms with Gasteiger partial charge in [0, 0.05) is 54.9 Å². The summed E-state index contributed by atoms with van der Waals surface area (Å²) in [5.74, 6) is 0.415. The zero-order valence-corrected chi connectivity index (χ0v) is 13.8. The number of carbonyl (C=O) groups excluding carboxylic acids is 1. The minimum atomic E-state index is -0.0977. The molecule has 4 rings (SSSR count). The first-order chi connectivity index (χ1) is 11.3. The van der Waals surface area contributed by atoms with E-state index in [0.717, 1.165) is 32.5 Å². The van der Waals surface area contributed by atoms with Gasteiger partial charge >= 0.3 is 0 Å². The van der Waals surface area contributed by atoms with Crippen molar-refractivity contribution in [1.82, 2.24) is 20.2 Å². The van der Waals surface area contributed by atoms with Crippen molar-refractivity contribution in [2.45, 2.75) is 37.3 Å². The lowest BCUT2D eigenvalue weighted by Crippen LogP contribution is -2.53. The van der Waals surface area contributed by atoms with Crippen LogP contribution in [0.25, 0.3) is 0 Å². The first kappa shape index (κ1) is 14.8. The van der Waals surface area contributed by atoms with Gasteiger partial charge < -0.3 is 5.32 Å². The maximum Gasteiger partial charge on any atom is 0.221 e. The van der Waals surface area contributed by atoms with Gasteiger partial charge in [0.15, 0.2) is 0 Å². The lowest BCUT2D eigenvalue weighted by molar-refractivity contribution is -0.120. The van der Waals surface area contributed by atoms with Crippen LogP contribution in [0.15, 0.2) is 36.1 Å². The van der Waals surface area contributed by atoms with Crippen LogP contribution >= 0.6 is 11.3 Å². The quantitative estimate of drug-likeness (QED) is 0.938. The molecule has 2 saturated heterocycles. The largest absolute Gasteiger partial charge is 0.350 e. The minimum absolute atomic E-state index is 0.0977. The van der Waals surface area contributed by atoms with Gasteiger partial charge in [-0.05, 0) is 24.5 Å². The molecule has 0 radical (unpaired) electrons. The molecule has 0 bridgehead atoms. The number of hydrogen-bond acceptors (Lipinski definition) is 5. The third-order valence-electron chi connectivity index (χ3n) is 5.12.